The van der Waals surface area contributed by atoms with Crippen molar-refractivity contribution in [3.8, 4) is 0 Å². The predicted octanol–water partition coefficient (Wildman–Crippen LogP) is 2.55. The van der Waals surface area contributed by atoms with E-state index in [1.54, 1.807) is 0 Å². The Hall–Kier alpha value is -0.810. The summed E-state index contributed by atoms with van der Waals surface area (Å²) in [5.41, 5.74) is 6.01. The maximum absolute atomic E-state index is 6.17. The minimum Gasteiger partial charge on any atom is -0.370 e. The molecule has 0 aromatic carbocycles. The minimum absolute atomic E-state index is 0.0557. The molecule has 1 atom stereocenters. The molecule has 3 N–H and O–H groups in total. The number of nitrogens with one attached hydrogen (secondary N) is 1. The fraction of sp³-hybridized carbons (Fsp3) is 0.941. The fourth-order valence-electron chi connectivity index (χ4n) is 3.87. The number of aliphatic imine (C=N–C) groups is 1. The van der Waals surface area contributed by atoms with Crippen molar-refractivity contribution in [1.82, 2.24) is 5.32 Å². The van der Waals surface area contributed by atoms with Gasteiger partial charge in [0.15, 0.2) is 11.7 Å². The van der Waals surface area contributed by atoms with Crippen molar-refractivity contribution in [3.05, 3.63) is 0 Å². The number of ether oxygens (including phenoxy) is 2. The molecule has 2 aliphatic carbocycles. The number of hydrogen-bond acceptors (Lipinski definition) is 3. The van der Waals surface area contributed by atoms with E-state index in [1.165, 1.54) is 44.9 Å². The smallest absolute Gasteiger partial charge is 0.188 e. The summed E-state index contributed by atoms with van der Waals surface area (Å²) in [4.78, 5) is 4.47. The van der Waals surface area contributed by atoms with Crippen molar-refractivity contribution in [3.63, 3.8) is 0 Å². The molecular formula is C17H31N3O2. The Labute approximate surface area is 134 Å². The third kappa shape index (κ3) is 4.13. The molecule has 0 aromatic rings. The average molecular weight is 309 g/mol. The summed E-state index contributed by atoms with van der Waals surface area (Å²) in [7, 11) is 0. The van der Waals surface area contributed by atoms with Gasteiger partial charge in [-0.25, -0.2) is 0 Å². The van der Waals surface area contributed by atoms with E-state index >= 15 is 0 Å². The van der Waals surface area contributed by atoms with Gasteiger partial charge in [0.1, 0.15) is 6.10 Å². The second-order valence-corrected chi connectivity index (χ2v) is 7.35. The highest BCUT2D eigenvalue weighted by atomic mass is 16.7. The molecule has 1 saturated heterocycles. The van der Waals surface area contributed by atoms with Gasteiger partial charge >= 0.3 is 0 Å². The highest BCUT2D eigenvalue weighted by molar-refractivity contribution is 5.78. The van der Waals surface area contributed by atoms with Gasteiger partial charge in [0.05, 0.1) is 13.2 Å². The van der Waals surface area contributed by atoms with Crippen LogP contribution in [-0.4, -0.2) is 37.0 Å². The highest BCUT2D eigenvalue weighted by Gasteiger charge is 2.43. The molecule has 5 nitrogen and oxygen atoms in total. The molecular weight excluding hydrogens is 278 g/mol. The third-order valence-corrected chi connectivity index (χ3v) is 5.37. The van der Waals surface area contributed by atoms with Crippen LogP contribution in [-0.2, 0) is 9.47 Å². The Morgan fingerprint density at radius 1 is 1.18 bits per heavy atom. The quantitative estimate of drug-likeness (QED) is 0.621. The maximum Gasteiger partial charge on any atom is 0.188 e. The summed E-state index contributed by atoms with van der Waals surface area (Å²) in [6, 6.07) is 0.504. The van der Waals surface area contributed by atoms with Crippen LogP contribution in [0.5, 0.6) is 0 Å². The summed E-state index contributed by atoms with van der Waals surface area (Å²) in [5, 5.41) is 3.35. The first kappa shape index (κ1) is 16.1. The van der Waals surface area contributed by atoms with Gasteiger partial charge in [0.25, 0.3) is 0 Å². The van der Waals surface area contributed by atoms with Crippen LogP contribution in [0.4, 0.5) is 0 Å². The average Bonchev–Trinajstić information content (AvgIpc) is 2.93. The number of nitrogens with two attached hydrogens (primary N) is 1. The SMILES string of the molecule is CC1CCC2(CC1)OCC(CN=C(N)NC1CCCCC1)O2. The van der Waals surface area contributed by atoms with Crippen molar-refractivity contribution in [1.29, 1.82) is 0 Å². The molecule has 3 fully saturated rings. The molecule has 126 valence electrons. The van der Waals surface area contributed by atoms with Crippen molar-refractivity contribution in [2.75, 3.05) is 13.2 Å². The lowest BCUT2D eigenvalue weighted by molar-refractivity contribution is -0.190. The van der Waals surface area contributed by atoms with Crippen LogP contribution in [0.2, 0.25) is 0 Å². The van der Waals surface area contributed by atoms with Crippen molar-refractivity contribution < 1.29 is 9.47 Å². The number of guanidine groups is 1. The number of rotatable bonds is 3. The summed E-state index contributed by atoms with van der Waals surface area (Å²) in [6.45, 7) is 3.55. The van der Waals surface area contributed by atoms with Crippen LogP contribution in [0.1, 0.15) is 64.7 Å². The lowest BCUT2D eigenvalue weighted by Crippen LogP contribution is -2.41. The van der Waals surface area contributed by atoms with E-state index in [1.807, 2.05) is 0 Å². The molecule has 0 radical (unpaired) electrons. The van der Waals surface area contributed by atoms with Gasteiger partial charge in [0.2, 0.25) is 0 Å². The van der Waals surface area contributed by atoms with Crippen LogP contribution in [0.15, 0.2) is 4.99 Å². The van der Waals surface area contributed by atoms with Crippen molar-refractivity contribution in [2.24, 2.45) is 16.6 Å². The van der Waals surface area contributed by atoms with Crippen molar-refractivity contribution in [2.45, 2.75) is 82.6 Å². The van der Waals surface area contributed by atoms with E-state index in [4.69, 9.17) is 15.2 Å². The van der Waals surface area contributed by atoms with E-state index in [-0.39, 0.29) is 11.9 Å². The lowest BCUT2D eigenvalue weighted by atomic mass is 9.86. The Kier molecular flexibility index (Phi) is 5.24. The zero-order chi connectivity index (χ0) is 15.4. The van der Waals surface area contributed by atoms with E-state index in [0.29, 0.717) is 25.2 Å². The summed E-state index contributed by atoms with van der Waals surface area (Å²) >= 11 is 0. The van der Waals surface area contributed by atoms with Gasteiger partial charge in [0, 0.05) is 18.9 Å². The fourth-order valence-corrected chi connectivity index (χ4v) is 3.87. The molecule has 1 spiro atoms. The first-order valence-electron chi connectivity index (χ1n) is 9.03. The summed E-state index contributed by atoms with van der Waals surface area (Å²) in [6.07, 6.45) is 10.8. The van der Waals surface area contributed by atoms with Crippen LogP contribution in [0.25, 0.3) is 0 Å². The van der Waals surface area contributed by atoms with E-state index < -0.39 is 0 Å². The summed E-state index contributed by atoms with van der Waals surface area (Å²) in [5.74, 6) is 1.04. The van der Waals surface area contributed by atoms with E-state index in [9.17, 15) is 0 Å². The lowest BCUT2D eigenvalue weighted by Gasteiger charge is -2.34. The third-order valence-electron chi connectivity index (χ3n) is 5.37. The second-order valence-electron chi connectivity index (χ2n) is 7.35. The minimum atomic E-state index is -0.321. The van der Waals surface area contributed by atoms with Gasteiger partial charge in [-0.05, 0) is 31.6 Å². The Morgan fingerprint density at radius 3 is 2.64 bits per heavy atom. The molecule has 22 heavy (non-hydrogen) atoms. The Bertz CT molecular complexity index is 385. The second kappa shape index (κ2) is 7.18. The normalized spacial score (nSPS) is 37.6. The molecule has 1 unspecified atom stereocenters. The molecule has 3 aliphatic rings. The molecule has 0 aromatic heterocycles. The largest absolute Gasteiger partial charge is 0.370 e. The molecule has 2 saturated carbocycles. The topological polar surface area (TPSA) is 68.9 Å². The standard InChI is InChI=1S/C17H31N3O2/c1-13-7-9-17(10-8-13)21-12-15(22-17)11-19-16(18)20-14-5-3-2-4-6-14/h13-15H,2-12H2,1H3,(H3,18,19,20). The zero-order valence-electron chi connectivity index (χ0n) is 13.9. The van der Waals surface area contributed by atoms with Crippen LogP contribution >= 0.6 is 0 Å². The molecule has 1 heterocycles. The van der Waals surface area contributed by atoms with Gasteiger partial charge in [-0.1, -0.05) is 26.2 Å². The molecule has 1 aliphatic heterocycles. The van der Waals surface area contributed by atoms with Crippen LogP contribution in [0.3, 0.4) is 0 Å². The van der Waals surface area contributed by atoms with E-state index in [0.717, 1.165) is 18.8 Å². The Balaban J connectivity index is 1.42. The predicted molar refractivity (Wildman–Crippen MR) is 87.7 cm³/mol. The maximum atomic E-state index is 6.17. The first-order valence-corrected chi connectivity index (χ1v) is 9.03. The van der Waals surface area contributed by atoms with Gasteiger partial charge in [-0.3, -0.25) is 4.99 Å². The molecule has 5 heteroatoms. The zero-order valence-corrected chi connectivity index (χ0v) is 13.9. The molecule has 3 rings (SSSR count). The number of hydrogen-bond donors (Lipinski definition) is 2. The van der Waals surface area contributed by atoms with Crippen molar-refractivity contribution >= 4 is 5.96 Å². The van der Waals surface area contributed by atoms with E-state index in [2.05, 4.69) is 17.2 Å². The first-order chi connectivity index (χ1) is 10.7. The Morgan fingerprint density at radius 2 is 1.91 bits per heavy atom. The number of nitrogens with zero attached hydrogens (tertiary/aromatic N) is 1. The molecule has 0 bridgehead atoms. The van der Waals surface area contributed by atoms with Crippen LogP contribution < -0.4 is 11.1 Å². The van der Waals surface area contributed by atoms with Gasteiger partial charge in [-0.15, -0.1) is 0 Å². The van der Waals surface area contributed by atoms with Crippen LogP contribution in [0, 0.1) is 5.92 Å². The molecule has 0 amide bonds. The summed E-state index contributed by atoms with van der Waals surface area (Å²) < 4.78 is 12.1. The highest BCUT2D eigenvalue weighted by Crippen LogP contribution is 2.39. The monoisotopic (exact) mass is 309 g/mol. The van der Waals surface area contributed by atoms with Gasteiger partial charge < -0.3 is 20.5 Å². The van der Waals surface area contributed by atoms with Gasteiger partial charge in [-0.2, -0.15) is 0 Å².